The number of fused-ring (bicyclic) bond motifs is 1. The van der Waals surface area contributed by atoms with Crippen LogP contribution in [0.15, 0.2) is 24.3 Å². The van der Waals surface area contributed by atoms with Crippen LogP contribution in [0.2, 0.25) is 0 Å². The summed E-state index contributed by atoms with van der Waals surface area (Å²) in [6.07, 6.45) is 0. The maximum absolute atomic E-state index is 12.9. The molecule has 5 heteroatoms. The quantitative estimate of drug-likeness (QED) is 0.785. The summed E-state index contributed by atoms with van der Waals surface area (Å²) in [5.41, 5.74) is 1.02. The summed E-state index contributed by atoms with van der Waals surface area (Å²) in [5.74, 6) is -0.0306. The Morgan fingerprint density at radius 2 is 2.00 bits per heavy atom. The second kappa shape index (κ2) is 4.57. The number of nitrogens with zero attached hydrogens (tertiary/aromatic N) is 2. The lowest BCUT2D eigenvalue weighted by atomic mass is 10.1. The molecule has 2 fully saturated rings. The summed E-state index contributed by atoms with van der Waals surface area (Å²) >= 11 is 0. The fraction of sp³-hybridized carbons (Fsp3) is 0.462. The number of anilines is 1. The number of benzene rings is 1. The van der Waals surface area contributed by atoms with Crippen LogP contribution in [0.5, 0.6) is 0 Å². The van der Waals surface area contributed by atoms with E-state index in [4.69, 9.17) is 0 Å². The van der Waals surface area contributed by atoms with Crippen molar-refractivity contribution in [1.82, 2.24) is 10.2 Å². The molecule has 1 unspecified atom stereocenters. The van der Waals surface area contributed by atoms with Crippen molar-refractivity contribution in [3.8, 4) is 0 Å². The van der Waals surface area contributed by atoms with Crippen LogP contribution in [0.4, 0.5) is 10.1 Å². The highest BCUT2D eigenvalue weighted by molar-refractivity contribution is 5.79. The first-order valence-corrected chi connectivity index (χ1v) is 6.25. The van der Waals surface area contributed by atoms with Crippen molar-refractivity contribution < 1.29 is 9.18 Å². The molecule has 1 aromatic carbocycles. The molecular weight excluding hydrogens is 233 g/mol. The maximum atomic E-state index is 12.9. The van der Waals surface area contributed by atoms with Crippen molar-refractivity contribution in [3.63, 3.8) is 0 Å². The smallest absolute Gasteiger partial charge is 0.236 e. The Hall–Kier alpha value is -1.62. The molecule has 1 aromatic rings. The van der Waals surface area contributed by atoms with E-state index in [1.165, 1.54) is 12.1 Å². The third kappa shape index (κ3) is 2.06. The van der Waals surface area contributed by atoms with Crippen molar-refractivity contribution in [3.05, 3.63) is 30.1 Å². The molecule has 3 rings (SSSR count). The Kier molecular flexibility index (Phi) is 2.91. The first-order valence-electron chi connectivity index (χ1n) is 6.25. The summed E-state index contributed by atoms with van der Waals surface area (Å²) in [4.78, 5) is 15.9. The van der Waals surface area contributed by atoms with Gasteiger partial charge in [-0.1, -0.05) is 0 Å². The largest absolute Gasteiger partial charge is 0.368 e. The van der Waals surface area contributed by atoms with Gasteiger partial charge in [-0.05, 0) is 24.3 Å². The Morgan fingerprint density at radius 3 is 2.78 bits per heavy atom. The predicted molar refractivity (Wildman–Crippen MR) is 67.0 cm³/mol. The Morgan fingerprint density at radius 1 is 1.22 bits per heavy atom. The number of hydrogen-bond donors (Lipinski definition) is 1. The van der Waals surface area contributed by atoms with Crippen LogP contribution in [-0.2, 0) is 4.79 Å². The number of amides is 1. The second-order valence-electron chi connectivity index (χ2n) is 4.79. The SMILES string of the molecule is O=C1CNCC2CN(c3ccc(F)cc3)CCN12. The minimum Gasteiger partial charge on any atom is -0.368 e. The van der Waals surface area contributed by atoms with Gasteiger partial charge in [-0.25, -0.2) is 4.39 Å². The third-order valence-electron chi connectivity index (χ3n) is 3.65. The standard InChI is InChI=1S/C13H16FN3O/c14-10-1-3-11(4-2-10)16-5-6-17-12(9-16)7-15-8-13(17)18/h1-4,12,15H,5-9H2. The van der Waals surface area contributed by atoms with E-state index in [1.54, 1.807) is 12.1 Å². The topological polar surface area (TPSA) is 35.6 Å². The number of hydrogen-bond acceptors (Lipinski definition) is 3. The third-order valence-corrected chi connectivity index (χ3v) is 3.65. The Bertz CT molecular complexity index is 448. The maximum Gasteiger partial charge on any atom is 0.236 e. The normalized spacial score (nSPS) is 24.1. The zero-order valence-electron chi connectivity index (χ0n) is 10.1. The van der Waals surface area contributed by atoms with Gasteiger partial charge in [0.15, 0.2) is 0 Å². The molecule has 2 heterocycles. The predicted octanol–water partition coefficient (Wildman–Crippen LogP) is 0.446. The van der Waals surface area contributed by atoms with Crippen molar-refractivity contribution in [2.45, 2.75) is 6.04 Å². The second-order valence-corrected chi connectivity index (χ2v) is 4.79. The molecule has 0 saturated carbocycles. The molecule has 0 bridgehead atoms. The van der Waals surface area contributed by atoms with Crippen molar-refractivity contribution >= 4 is 11.6 Å². The molecule has 0 radical (unpaired) electrons. The number of rotatable bonds is 1. The van der Waals surface area contributed by atoms with Gasteiger partial charge in [-0.2, -0.15) is 0 Å². The number of halogens is 1. The number of piperazine rings is 2. The summed E-state index contributed by atoms with van der Waals surface area (Å²) in [6.45, 7) is 3.66. The molecule has 1 N–H and O–H groups in total. The lowest BCUT2D eigenvalue weighted by molar-refractivity contribution is -0.135. The van der Waals surface area contributed by atoms with Gasteiger partial charge in [0.2, 0.25) is 5.91 Å². The minimum absolute atomic E-state index is 0.185. The molecule has 4 nitrogen and oxygen atoms in total. The van der Waals surface area contributed by atoms with Gasteiger partial charge in [0.25, 0.3) is 0 Å². The van der Waals surface area contributed by atoms with E-state index < -0.39 is 0 Å². The van der Waals surface area contributed by atoms with Crippen molar-refractivity contribution in [2.75, 3.05) is 37.6 Å². The van der Waals surface area contributed by atoms with Crippen LogP contribution < -0.4 is 10.2 Å². The van der Waals surface area contributed by atoms with Crippen LogP contribution >= 0.6 is 0 Å². The molecule has 1 amide bonds. The Labute approximate surface area is 105 Å². The number of nitrogens with one attached hydrogen (secondary N) is 1. The summed E-state index contributed by atoms with van der Waals surface area (Å²) in [7, 11) is 0. The summed E-state index contributed by atoms with van der Waals surface area (Å²) in [6, 6.07) is 6.77. The molecule has 2 aliphatic rings. The minimum atomic E-state index is -0.216. The van der Waals surface area contributed by atoms with E-state index in [9.17, 15) is 9.18 Å². The average molecular weight is 249 g/mol. The van der Waals surface area contributed by atoms with E-state index in [0.717, 1.165) is 31.9 Å². The van der Waals surface area contributed by atoms with Crippen molar-refractivity contribution in [2.24, 2.45) is 0 Å². The lowest BCUT2D eigenvalue weighted by Gasteiger charge is -2.44. The van der Waals surface area contributed by atoms with E-state index >= 15 is 0 Å². The highest BCUT2D eigenvalue weighted by Crippen LogP contribution is 2.20. The summed E-state index contributed by atoms with van der Waals surface area (Å²) in [5, 5.41) is 3.14. The van der Waals surface area contributed by atoms with Gasteiger partial charge in [0.05, 0.1) is 12.6 Å². The monoisotopic (exact) mass is 249 g/mol. The van der Waals surface area contributed by atoms with Gasteiger partial charge in [0, 0.05) is 31.9 Å². The first kappa shape index (κ1) is 11.5. The average Bonchev–Trinajstić information content (AvgIpc) is 2.39. The van der Waals surface area contributed by atoms with Gasteiger partial charge in [-0.3, -0.25) is 4.79 Å². The van der Waals surface area contributed by atoms with Crippen LogP contribution in [0.3, 0.4) is 0 Å². The lowest BCUT2D eigenvalue weighted by Crippen LogP contribution is -2.63. The molecule has 18 heavy (non-hydrogen) atoms. The van der Waals surface area contributed by atoms with E-state index in [0.29, 0.717) is 6.54 Å². The van der Waals surface area contributed by atoms with Crippen LogP contribution in [-0.4, -0.2) is 49.6 Å². The van der Waals surface area contributed by atoms with E-state index in [1.807, 2.05) is 4.90 Å². The van der Waals surface area contributed by atoms with Crippen molar-refractivity contribution in [1.29, 1.82) is 0 Å². The first-order chi connectivity index (χ1) is 8.74. The molecule has 1 atom stereocenters. The van der Waals surface area contributed by atoms with Gasteiger partial charge in [-0.15, -0.1) is 0 Å². The molecule has 2 saturated heterocycles. The van der Waals surface area contributed by atoms with Gasteiger partial charge >= 0.3 is 0 Å². The number of carbonyl (C=O) groups excluding carboxylic acids is 1. The highest BCUT2D eigenvalue weighted by atomic mass is 19.1. The van der Waals surface area contributed by atoms with E-state index in [-0.39, 0.29) is 17.8 Å². The molecular formula is C13H16FN3O. The molecule has 96 valence electrons. The van der Waals surface area contributed by atoms with Gasteiger partial charge < -0.3 is 15.1 Å². The molecule has 0 aliphatic carbocycles. The van der Waals surface area contributed by atoms with Gasteiger partial charge in [0.1, 0.15) is 5.82 Å². The zero-order valence-corrected chi connectivity index (χ0v) is 10.1. The summed E-state index contributed by atoms with van der Waals surface area (Å²) < 4.78 is 12.9. The molecule has 2 aliphatic heterocycles. The van der Waals surface area contributed by atoms with E-state index in [2.05, 4.69) is 10.2 Å². The highest BCUT2D eigenvalue weighted by Gasteiger charge is 2.32. The van der Waals surface area contributed by atoms with Crippen LogP contribution in [0, 0.1) is 5.82 Å². The fourth-order valence-corrected chi connectivity index (χ4v) is 2.69. The zero-order chi connectivity index (χ0) is 12.5. The Balaban J connectivity index is 1.73. The molecule has 0 aromatic heterocycles. The number of carbonyl (C=O) groups is 1. The van der Waals surface area contributed by atoms with Crippen LogP contribution in [0.25, 0.3) is 0 Å². The molecule has 0 spiro atoms. The van der Waals surface area contributed by atoms with Crippen LogP contribution in [0.1, 0.15) is 0 Å². The fourth-order valence-electron chi connectivity index (χ4n) is 2.69.